The molecule has 0 radical (unpaired) electrons. The van der Waals surface area contributed by atoms with Crippen LogP contribution in [0.5, 0.6) is 0 Å². The lowest BCUT2D eigenvalue weighted by Crippen LogP contribution is -2.53. The summed E-state index contributed by atoms with van der Waals surface area (Å²) in [6.45, 7) is 2.26. The Morgan fingerprint density at radius 3 is 2.45 bits per heavy atom. The van der Waals surface area contributed by atoms with Crippen LogP contribution in [0, 0.1) is 0 Å². The molecule has 3 rings (SSSR count). The summed E-state index contributed by atoms with van der Waals surface area (Å²) in [7, 11) is 1.52. The first kappa shape index (κ1) is 14.6. The van der Waals surface area contributed by atoms with Crippen LogP contribution in [0.1, 0.15) is 16.9 Å². The molecule has 2 fully saturated rings. The second-order valence-corrected chi connectivity index (χ2v) is 5.55. The van der Waals surface area contributed by atoms with Crippen molar-refractivity contribution in [3.8, 4) is 0 Å². The van der Waals surface area contributed by atoms with Crippen molar-refractivity contribution in [1.82, 2.24) is 19.7 Å². The number of amides is 3. The molecule has 0 spiro atoms. The molecular formula is C15H18N4O3. The molecule has 1 atom stereocenters. The number of imide groups is 1. The van der Waals surface area contributed by atoms with Crippen LogP contribution in [-0.4, -0.2) is 76.7 Å². The van der Waals surface area contributed by atoms with Gasteiger partial charge < -0.3 is 4.90 Å². The summed E-state index contributed by atoms with van der Waals surface area (Å²) in [6.07, 6.45) is 1.84. The fourth-order valence-corrected chi connectivity index (χ4v) is 2.91. The van der Waals surface area contributed by atoms with Gasteiger partial charge in [0.15, 0.2) is 0 Å². The van der Waals surface area contributed by atoms with Gasteiger partial charge in [-0.2, -0.15) is 0 Å². The molecule has 0 aromatic carbocycles. The number of carbonyl (C=O) groups is 3. The Hall–Kier alpha value is -2.28. The first-order chi connectivity index (χ1) is 10.6. The number of aromatic nitrogens is 1. The van der Waals surface area contributed by atoms with Crippen LogP contribution < -0.4 is 0 Å². The topological polar surface area (TPSA) is 73.8 Å². The zero-order chi connectivity index (χ0) is 15.7. The molecule has 3 amide bonds. The third-order valence-corrected chi connectivity index (χ3v) is 4.28. The Balaban J connectivity index is 1.60. The molecule has 1 unspecified atom stereocenters. The molecule has 116 valence electrons. The highest BCUT2D eigenvalue weighted by atomic mass is 16.2. The number of rotatable bonds is 2. The lowest BCUT2D eigenvalue weighted by molar-refractivity contribution is -0.138. The van der Waals surface area contributed by atoms with Gasteiger partial charge in [0.05, 0.1) is 12.5 Å². The minimum absolute atomic E-state index is 0.0915. The van der Waals surface area contributed by atoms with Crippen LogP contribution >= 0.6 is 0 Å². The maximum absolute atomic E-state index is 12.3. The number of likely N-dealkylation sites (tertiary alicyclic amines) is 1. The third kappa shape index (κ3) is 2.59. The van der Waals surface area contributed by atoms with Crippen LogP contribution in [0.25, 0.3) is 0 Å². The minimum Gasteiger partial charge on any atom is -0.335 e. The summed E-state index contributed by atoms with van der Waals surface area (Å²) in [5.41, 5.74) is 0.433. The monoisotopic (exact) mass is 302 g/mol. The summed E-state index contributed by atoms with van der Waals surface area (Å²) in [5, 5.41) is 0. The molecule has 2 saturated heterocycles. The molecule has 7 heteroatoms. The minimum atomic E-state index is -0.371. The highest BCUT2D eigenvalue weighted by molar-refractivity contribution is 6.05. The number of hydrogen-bond acceptors (Lipinski definition) is 5. The van der Waals surface area contributed by atoms with Gasteiger partial charge in [-0.1, -0.05) is 6.07 Å². The Labute approximate surface area is 128 Å². The normalized spacial score (nSPS) is 23.2. The maximum atomic E-state index is 12.3. The fraction of sp³-hybridized carbons (Fsp3) is 0.467. The molecular weight excluding hydrogens is 284 g/mol. The third-order valence-electron chi connectivity index (χ3n) is 4.28. The number of hydrogen-bond donors (Lipinski definition) is 0. The average Bonchev–Trinajstić information content (AvgIpc) is 2.83. The van der Waals surface area contributed by atoms with E-state index in [2.05, 4.69) is 4.98 Å². The van der Waals surface area contributed by atoms with E-state index in [0.717, 1.165) is 0 Å². The summed E-state index contributed by atoms with van der Waals surface area (Å²) >= 11 is 0. The molecule has 1 aromatic rings. The molecule has 7 nitrogen and oxygen atoms in total. The standard InChI is InChI=1S/C15H18N4O3/c1-17-13(20)10-12(15(17)22)18-6-8-19(9-7-18)14(21)11-4-2-3-5-16-11/h2-5,12H,6-10H2,1H3. The largest absolute Gasteiger partial charge is 0.335 e. The first-order valence-corrected chi connectivity index (χ1v) is 7.32. The second-order valence-electron chi connectivity index (χ2n) is 5.55. The van der Waals surface area contributed by atoms with E-state index in [1.165, 1.54) is 11.9 Å². The lowest BCUT2D eigenvalue weighted by Gasteiger charge is -2.36. The van der Waals surface area contributed by atoms with Gasteiger partial charge in [0, 0.05) is 39.4 Å². The smallest absolute Gasteiger partial charge is 0.272 e. The summed E-state index contributed by atoms with van der Waals surface area (Å²) in [5.74, 6) is -0.373. The van der Waals surface area contributed by atoms with Crippen molar-refractivity contribution < 1.29 is 14.4 Å². The van der Waals surface area contributed by atoms with Crippen molar-refractivity contribution in [3.63, 3.8) is 0 Å². The van der Waals surface area contributed by atoms with Crippen molar-refractivity contribution in [2.75, 3.05) is 33.2 Å². The predicted molar refractivity (Wildman–Crippen MR) is 77.9 cm³/mol. The number of piperazine rings is 1. The lowest BCUT2D eigenvalue weighted by atomic mass is 10.1. The first-order valence-electron chi connectivity index (χ1n) is 7.32. The highest BCUT2D eigenvalue weighted by Gasteiger charge is 2.40. The molecule has 0 saturated carbocycles. The molecule has 22 heavy (non-hydrogen) atoms. The Bertz CT molecular complexity index is 596. The molecule has 0 N–H and O–H groups in total. The van der Waals surface area contributed by atoms with Crippen LogP contribution in [0.4, 0.5) is 0 Å². The van der Waals surface area contributed by atoms with Crippen molar-refractivity contribution in [1.29, 1.82) is 0 Å². The molecule has 0 aliphatic carbocycles. The number of likely N-dealkylation sites (N-methyl/N-ethyl adjacent to an activating group) is 1. The highest BCUT2D eigenvalue weighted by Crippen LogP contribution is 2.19. The van der Waals surface area contributed by atoms with E-state index in [4.69, 9.17) is 0 Å². The fourth-order valence-electron chi connectivity index (χ4n) is 2.91. The molecule has 1 aromatic heterocycles. The summed E-state index contributed by atoms with van der Waals surface area (Å²) in [4.78, 5) is 44.9. The van der Waals surface area contributed by atoms with Gasteiger partial charge in [-0.15, -0.1) is 0 Å². The zero-order valence-corrected chi connectivity index (χ0v) is 12.4. The van der Waals surface area contributed by atoms with E-state index in [-0.39, 0.29) is 30.2 Å². The van der Waals surface area contributed by atoms with Crippen molar-refractivity contribution >= 4 is 17.7 Å². The van der Waals surface area contributed by atoms with Crippen molar-refractivity contribution in [3.05, 3.63) is 30.1 Å². The summed E-state index contributed by atoms with van der Waals surface area (Å²) < 4.78 is 0. The molecule has 2 aliphatic heterocycles. The van der Waals surface area contributed by atoms with Gasteiger partial charge in [-0.25, -0.2) is 0 Å². The van der Waals surface area contributed by atoms with E-state index < -0.39 is 0 Å². The van der Waals surface area contributed by atoms with Gasteiger partial charge in [0.2, 0.25) is 11.8 Å². The average molecular weight is 302 g/mol. The predicted octanol–water partition coefficient (Wildman–Crippen LogP) is -0.403. The van der Waals surface area contributed by atoms with Gasteiger partial charge in [-0.05, 0) is 12.1 Å². The SMILES string of the molecule is CN1C(=O)CC(N2CCN(C(=O)c3ccccn3)CC2)C1=O. The van der Waals surface area contributed by atoms with E-state index in [1.807, 2.05) is 4.90 Å². The molecule has 2 aliphatic rings. The van der Waals surface area contributed by atoms with Crippen LogP contribution in [0.15, 0.2) is 24.4 Å². The Kier molecular flexibility index (Phi) is 3.89. The van der Waals surface area contributed by atoms with Crippen molar-refractivity contribution in [2.24, 2.45) is 0 Å². The van der Waals surface area contributed by atoms with Gasteiger partial charge in [0.25, 0.3) is 5.91 Å². The second kappa shape index (κ2) is 5.84. The van der Waals surface area contributed by atoms with Gasteiger partial charge in [-0.3, -0.25) is 29.2 Å². The molecule has 0 bridgehead atoms. The number of nitrogens with zero attached hydrogens (tertiary/aromatic N) is 4. The van der Waals surface area contributed by atoms with Crippen LogP contribution in [0.2, 0.25) is 0 Å². The van der Waals surface area contributed by atoms with Gasteiger partial charge in [0.1, 0.15) is 5.69 Å². The molecule has 3 heterocycles. The van der Waals surface area contributed by atoms with E-state index in [0.29, 0.717) is 31.9 Å². The van der Waals surface area contributed by atoms with Crippen LogP contribution in [0.3, 0.4) is 0 Å². The van der Waals surface area contributed by atoms with E-state index >= 15 is 0 Å². The van der Waals surface area contributed by atoms with E-state index in [1.54, 1.807) is 29.3 Å². The van der Waals surface area contributed by atoms with Crippen LogP contribution in [-0.2, 0) is 9.59 Å². The number of pyridine rings is 1. The van der Waals surface area contributed by atoms with E-state index in [9.17, 15) is 14.4 Å². The summed E-state index contributed by atoms with van der Waals surface area (Å²) in [6, 6.07) is 4.89. The van der Waals surface area contributed by atoms with Gasteiger partial charge >= 0.3 is 0 Å². The number of carbonyl (C=O) groups excluding carboxylic acids is 3. The van der Waals surface area contributed by atoms with Crippen molar-refractivity contribution in [2.45, 2.75) is 12.5 Å². The Morgan fingerprint density at radius 1 is 1.18 bits per heavy atom. The quantitative estimate of drug-likeness (QED) is 0.695. The Morgan fingerprint density at radius 2 is 1.91 bits per heavy atom. The zero-order valence-electron chi connectivity index (χ0n) is 12.4. The maximum Gasteiger partial charge on any atom is 0.272 e.